The molecule has 0 amide bonds. The van der Waals surface area contributed by atoms with E-state index in [0.717, 1.165) is 37.2 Å². The normalized spacial score (nSPS) is 12.1. The molecule has 1 heterocycles. The summed E-state index contributed by atoms with van der Waals surface area (Å²) in [5, 5.41) is 3.55. The van der Waals surface area contributed by atoms with Crippen LogP contribution in [0.15, 0.2) is 12.1 Å². The molecule has 0 aliphatic rings. The maximum atomic E-state index is 5.35. The molecule has 0 aliphatic heterocycles. The van der Waals surface area contributed by atoms with E-state index >= 15 is 0 Å². The summed E-state index contributed by atoms with van der Waals surface area (Å²) in [5.41, 5.74) is 3.45. The van der Waals surface area contributed by atoms with Crippen LogP contribution < -0.4 is 5.32 Å². The van der Waals surface area contributed by atoms with Crippen molar-refractivity contribution in [3.63, 3.8) is 0 Å². The minimum Gasteiger partial charge on any atom is -0.310 e. The minimum atomic E-state index is 0.332. The molecular weight excluding hydrogens is 208 g/mol. The third kappa shape index (κ3) is 4.20. The Bertz CT molecular complexity index is 390. The van der Waals surface area contributed by atoms with Gasteiger partial charge < -0.3 is 5.32 Å². The van der Waals surface area contributed by atoms with Gasteiger partial charge in [-0.1, -0.05) is 13.0 Å². The average Bonchev–Trinajstić information content (AvgIpc) is 2.30. The van der Waals surface area contributed by atoms with Gasteiger partial charge in [-0.3, -0.25) is 4.98 Å². The first-order valence-electron chi connectivity index (χ1n) is 6.30. The van der Waals surface area contributed by atoms with E-state index < -0.39 is 0 Å². The zero-order valence-electron chi connectivity index (χ0n) is 11.1. The van der Waals surface area contributed by atoms with Crippen LogP contribution in [0.3, 0.4) is 0 Å². The van der Waals surface area contributed by atoms with Crippen LogP contribution in [0.1, 0.15) is 49.2 Å². The van der Waals surface area contributed by atoms with Crippen molar-refractivity contribution in [2.45, 2.75) is 46.1 Å². The summed E-state index contributed by atoms with van der Waals surface area (Å²) >= 11 is 0. The molecule has 92 valence electrons. The summed E-state index contributed by atoms with van der Waals surface area (Å²) in [6.07, 6.45) is 8.26. The van der Waals surface area contributed by atoms with E-state index in [9.17, 15) is 0 Å². The van der Waals surface area contributed by atoms with Gasteiger partial charge in [0, 0.05) is 23.9 Å². The van der Waals surface area contributed by atoms with Gasteiger partial charge in [-0.15, -0.1) is 12.3 Å². The molecule has 1 aromatic rings. The number of pyridine rings is 1. The molecule has 0 bridgehead atoms. The molecule has 0 saturated carbocycles. The summed E-state index contributed by atoms with van der Waals surface area (Å²) in [5.74, 6) is 2.71. The van der Waals surface area contributed by atoms with Crippen molar-refractivity contribution >= 4 is 0 Å². The lowest BCUT2D eigenvalue weighted by molar-refractivity contribution is 0.502. The first-order valence-corrected chi connectivity index (χ1v) is 6.30. The third-order valence-corrected chi connectivity index (χ3v) is 2.86. The van der Waals surface area contributed by atoms with Crippen molar-refractivity contribution in [1.29, 1.82) is 0 Å². The maximum Gasteiger partial charge on any atom is 0.0423 e. The molecule has 17 heavy (non-hydrogen) atoms. The molecule has 1 atom stereocenters. The quantitative estimate of drug-likeness (QED) is 0.759. The second-order valence-corrected chi connectivity index (χ2v) is 4.38. The van der Waals surface area contributed by atoms with Gasteiger partial charge in [-0.25, -0.2) is 0 Å². The van der Waals surface area contributed by atoms with Crippen LogP contribution in [0.4, 0.5) is 0 Å². The van der Waals surface area contributed by atoms with Gasteiger partial charge in [0.1, 0.15) is 0 Å². The molecule has 0 aliphatic carbocycles. The highest BCUT2D eigenvalue weighted by molar-refractivity contribution is 5.25. The minimum absolute atomic E-state index is 0.332. The highest BCUT2D eigenvalue weighted by Gasteiger charge is 2.13. The first kappa shape index (κ1) is 13.7. The van der Waals surface area contributed by atoms with E-state index in [1.807, 2.05) is 6.92 Å². The SMILES string of the molecule is C#CCCC(NCCC)c1ccc(C)nc1C. The summed E-state index contributed by atoms with van der Waals surface area (Å²) in [7, 11) is 0. The number of hydrogen-bond acceptors (Lipinski definition) is 2. The summed E-state index contributed by atoms with van der Waals surface area (Å²) in [4.78, 5) is 4.52. The molecule has 0 spiro atoms. The van der Waals surface area contributed by atoms with Gasteiger partial charge in [-0.05, 0) is 44.9 Å². The van der Waals surface area contributed by atoms with E-state index in [1.165, 1.54) is 5.56 Å². The van der Waals surface area contributed by atoms with Gasteiger partial charge in [0.25, 0.3) is 0 Å². The van der Waals surface area contributed by atoms with Crippen molar-refractivity contribution in [3.05, 3.63) is 29.1 Å². The predicted octanol–water partition coefficient (Wildman–Crippen LogP) is 3.15. The fourth-order valence-electron chi connectivity index (χ4n) is 1.98. The largest absolute Gasteiger partial charge is 0.310 e. The summed E-state index contributed by atoms with van der Waals surface area (Å²) in [6, 6.07) is 4.57. The van der Waals surface area contributed by atoms with E-state index in [0.29, 0.717) is 6.04 Å². The highest BCUT2D eigenvalue weighted by atomic mass is 14.9. The summed E-state index contributed by atoms with van der Waals surface area (Å²) < 4.78 is 0. The van der Waals surface area contributed by atoms with E-state index in [2.05, 4.69) is 42.2 Å². The van der Waals surface area contributed by atoms with Crippen LogP contribution in [0.25, 0.3) is 0 Å². The first-order chi connectivity index (χ1) is 8.19. The molecule has 1 rings (SSSR count). The number of nitrogens with zero attached hydrogens (tertiary/aromatic N) is 1. The van der Waals surface area contributed by atoms with Crippen molar-refractivity contribution < 1.29 is 0 Å². The Labute approximate surface area is 105 Å². The summed E-state index contributed by atoms with van der Waals surface area (Å²) in [6.45, 7) is 7.28. The Balaban J connectivity index is 2.83. The molecular formula is C15H22N2. The molecule has 1 N–H and O–H groups in total. The second-order valence-electron chi connectivity index (χ2n) is 4.38. The molecule has 0 radical (unpaired) electrons. The smallest absolute Gasteiger partial charge is 0.0423 e. The van der Waals surface area contributed by atoms with Crippen LogP contribution in [0, 0.1) is 26.2 Å². The predicted molar refractivity (Wildman–Crippen MR) is 72.8 cm³/mol. The van der Waals surface area contributed by atoms with Gasteiger partial charge in [-0.2, -0.15) is 0 Å². The van der Waals surface area contributed by atoms with E-state index in [1.54, 1.807) is 0 Å². The van der Waals surface area contributed by atoms with Gasteiger partial charge in [0.2, 0.25) is 0 Å². The van der Waals surface area contributed by atoms with E-state index in [4.69, 9.17) is 6.42 Å². The number of hydrogen-bond donors (Lipinski definition) is 1. The monoisotopic (exact) mass is 230 g/mol. The second kappa shape index (κ2) is 7.09. The van der Waals surface area contributed by atoms with E-state index in [-0.39, 0.29) is 0 Å². The Kier molecular flexibility index (Phi) is 5.72. The number of nitrogens with one attached hydrogen (secondary N) is 1. The van der Waals surface area contributed by atoms with Crippen molar-refractivity contribution in [1.82, 2.24) is 10.3 Å². The molecule has 1 unspecified atom stereocenters. The standard InChI is InChI=1S/C15H22N2/c1-5-7-8-15(16-11-6-2)14-10-9-12(3)17-13(14)4/h1,9-10,15-16H,6-8,11H2,2-4H3. The maximum absolute atomic E-state index is 5.35. The van der Waals surface area contributed by atoms with Crippen molar-refractivity contribution in [3.8, 4) is 12.3 Å². The lowest BCUT2D eigenvalue weighted by Gasteiger charge is -2.19. The number of aromatic nitrogens is 1. The lowest BCUT2D eigenvalue weighted by Crippen LogP contribution is -2.23. The topological polar surface area (TPSA) is 24.9 Å². The zero-order valence-corrected chi connectivity index (χ0v) is 11.1. The molecule has 0 fully saturated rings. The Morgan fingerprint density at radius 1 is 1.41 bits per heavy atom. The Morgan fingerprint density at radius 2 is 2.18 bits per heavy atom. The van der Waals surface area contributed by atoms with Crippen molar-refractivity contribution in [2.24, 2.45) is 0 Å². The van der Waals surface area contributed by atoms with Gasteiger partial charge in [0.15, 0.2) is 0 Å². The third-order valence-electron chi connectivity index (χ3n) is 2.86. The lowest BCUT2D eigenvalue weighted by atomic mass is 10.0. The number of aryl methyl sites for hydroxylation is 2. The number of terminal acetylenes is 1. The van der Waals surface area contributed by atoms with Crippen LogP contribution in [-0.2, 0) is 0 Å². The number of rotatable bonds is 6. The molecule has 0 aromatic carbocycles. The van der Waals surface area contributed by atoms with Gasteiger partial charge >= 0.3 is 0 Å². The van der Waals surface area contributed by atoms with Crippen LogP contribution in [-0.4, -0.2) is 11.5 Å². The van der Waals surface area contributed by atoms with Crippen LogP contribution >= 0.6 is 0 Å². The Morgan fingerprint density at radius 3 is 2.76 bits per heavy atom. The van der Waals surface area contributed by atoms with Crippen LogP contribution in [0.5, 0.6) is 0 Å². The fraction of sp³-hybridized carbons (Fsp3) is 0.533. The van der Waals surface area contributed by atoms with Crippen LogP contribution in [0.2, 0.25) is 0 Å². The fourth-order valence-corrected chi connectivity index (χ4v) is 1.98. The molecule has 2 nitrogen and oxygen atoms in total. The van der Waals surface area contributed by atoms with Crippen molar-refractivity contribution in [2.75, 3.05) is 6.54 Å². The highest BCUT2D eigenvalue weighted by Crippen LogP contribution is 2.21. The van der Waals surface area contributed by atoms with Gasteiger partial charge in [0.05, 0.1) is 0 Å². The average molecular weight is 230 g/mol. The molecule has 2 heteroatoms. The molecule has 0 saturated heterocycles. The zero-order chi connectivity index (χ0) is 12.7. The Hall–Kier alpha value is -1.33. The molecule has 1 aromatic heterocycles.